The molecule has 1 saturated heterocycles. The normalized spacial score (nSPS) is 15.0. The highest BCUT2D eigenvalue weighted by molar-refractivity contribution is 8.26. The highest BCUT2D eigenvalue weighted by Gasteiger charge is 2.29. The van der Waals surface area contributed by atoms with Crippen molar-refractivity contribution in [2.45, 2.75) is 0 Å². The van der Waals surface area contributed by atoms with Gasteiger partial charge in [-0.3, -0.25) is 9.69 Å². The maximum atomic E-state index is 12.5. The van der Waals surface area contributed by atoms with E-state index in [-0.39, 0.29) is 22.4 Å². The molecule has 0 N–H and O–H groups in total. The van der Waals surface area contributed by atoms with Crippen molar-refractivity contribution in [1.29, 1.82) is 0 Å². The molecule has 29 heavy (non-hydrogen) atoms. The molecule has 1 aliphatic rings. The van der Waals surface area contributed by atoms with Crippen LogP contribution in [0.15, 0.2) is 41.3 Å². The Morgan fingerprint density at radius 3 is 2.59 bits per heavy atom. The Morgan fingerprint density at radius 2 is 1.97 bits per heavy atom. The number of ether oxygens (including phenoxy) is 3. The third-order valence-corrected chi connectivity index (χ3v) is 5.80. The number of carbonyl (C=O) groups excluding carboxylic acids is 2. The average molecular weight is 450 g/mol. The van der Waals surface area contributed by atoms with E-state index in [1.54, 1.807) is 49.5 Å². The molecule has 0 aliphatic carbocycles. The molecule has 0 saturated carbocycles. The number of benzene rings is 2. The number of thioether (sulfide) groups is 1. The minimum absolute atomic E-state index is 0.0853. The fourth-order valence-corrected chi connectivity index (χ4v) is 3.96. The Labute approximate surface area is 182 Å². The van der Waals surface area contributed by atoms with E-state index in [0.717, 1.165) is 0 Å². The zero-order valence-electron chi connectivity index (χ0n) is 15.7. The van der Waals surface area contributed by atoms with Crippen LogP contribution < -0.4 is 14.2 Å². The molecule has 0 radical (unpaired) electrons. The number of likely N-dealkylation sites (N-methyl/N-ethyl adjacent to an activating group) is 1. The van der Waals surface area contributed by atoms with Gasteiger partial charge in [0.15, 0.2) is 11.5 Å². The molecule has 0 bridgehead atoms. The molecule has 9 heteroatoms. The number of amides is 1. The van der Waals surface area contributed by atoms with Crippen molar-refractivity contribution < 1.29 is 23.8 Å². The van der Waals surface area contributed by atoms with Crippen LogP contribution >= 0.6 is 35.6 Å². The topological polar surface area (TPSA) is 65.1 Å². The predicted molar refractivity (Wildman–Crippen MR) is 117 cm³/mol. The molecule has 1 aliphatic heterocycles. The number of esters is 1. The van der Waals surface area contributed by atoms with E-state index in [9.17, 15) is 9.59 Å². The van der Waals surface area contributed by atoms with Gasteiger partial charge in [-0.05, 0) is 42.0 Å². The number of nitrogens with zero attached hydrogens (tertiary/aromatic N) is 1. The van der Waals surface area contributed by atoms with Gasteiger partial charge >= 0.3 is 5.97 Å². The lowest BCUT2D eigenvalue weighted by molar-refractivity contribution is -0.121. The van der Waals surface area contributed by atoms with Crippen LogP contribution in [0.3, 0.4) is 0 Å². The van der Waals surface area contributed by atoms with Gasteiger partial charge in [0, 0.05) is 7.05 Å². The first-order valence-corrected chi connectivity index (χ1v) is 9.89. The summed E-state index contributed by atoms with van der Waals surface area (Å²) in [6.07, 6.45) is 1.66. The van der Waals surface area contributed by atoms with Gasteiger partial charge in [-0.25, -0.2) is 4.79 Å². The van der Waals surface area contributed by atoms with Crippen LogP contribution in [0.4, 0.5) is 0 Å². The molecule has 0 atom stereocenters. The molecular formula is C20H16ClNO5S2. The van der Waals surface area contributed by atoms with Gasteiger partial charge in [0.25, 0.3) is 5.91 Å². The summed E-state index contributed by atoms with van der Waals surface area (Å²) >= 11 is 12.7. The van der Waals surface area contributed by atoms with E-state index in [1.165, 1.54) is 30.9 Å². The van der Waals surface area contributed by atoms with Crippen LogP contribution in [0.2, 0.25) is 5.02 Å². The zero-order valence-corrected chi connectivity index (χ0v) is 18.1. The largest absolute Gasteiger partial charge is 0.497 e. The lowest BCUT2D eigenvalue weighted by Crippen LogP contribution is -2.22. The van der Waals surface area contributed by atoms with Crippen molar-refractivity contribution >= 4 is 57.9 Å². The summed E-state index contributed by atoms with van der Waals surface area (Å²) in [5.41, 5.74) is 0.917. The summed E-state index contributed by atoms with van der Waals surface area (Å²) in [5, 5.41) is 0.166. The number of rotatable bonds is 5. The second kappa shape index (κ2) is 8.86. The smallest absolute Gasteiger partial charge is 0.343 e. The van der Waals surface area contributed by atoms with Gasteiger partial charge in [0.05, 0.1) is 29.7 Å². The molecule has 2 aromatic carbocycles. The number of methoxy groups -OCH3 is 2. The van der Waals surface area contributed by atoms with E-state index >= 15 is 0 Å². The summed E-state index contributed by atoms with van der Waals surface area (Å²) in [4.78, 5) is 26.6. The maximum Gasteiger partial charge on any atom is 0.343 e. The summed E-state index contributed by atoms with van der Waals surface area (Å²) in [6.45, 7) is 0. The van der Waals surface area contributed by atoms with Crippen LogP contribution in [0, 0.1) is 0 Å². The lowest BCUT2D eigenvalue weighted by Gasteiger charge is -2.12. The van der Waals surface area contributed by atoms with E-state index < -0.39 is 5.97 Å². The van der Waals surface area contributed by atoms with Crippen LogP contribution in [-0.2, 0) is 4.79 Å². The number of hydrogen-bond acceptors (Lipinski definition) is 7. The molecule has 2 aromatic rings. The molecule has 150 valence electrons. The number of halogens is 1. The highest BCUT2D eigenvalue weighted by Crippen LogP contribution is 2.39. The van der Waals surface area contributed by atoms with Gasteiger partial charge in [-0.2, -0.15) is 0 Å². The first kappa shape index (κ1) is 21.2. The van der Waals surface area contributed by atoms with Gasteiger partial charge in [-0.1, -0.05) is 41.6 Å². The third-order valence-electron chi connectivity index (χ3n) is 4.04. The Hall–Kier alpha value is -2.55. The van der Waals surface area contributed by atoms with E-state index in [0.29, 0.717) is 26.1 Å². The second-order valence-corrected chi connectivity index (χ2v) is 7.98. The fourth-order valence-electron chi connectivity index (χ4n) is 2.52. The first-order valence-electron chi connectivity index (χ1n) is 8.29. The monoisotopic (exact) mass is 449 g/mol. The zero-order chi connectivity index (χ0) is 21.1. The Bertz CT molecular complexity index is 1040. The van der Waals surface area contributed by atoms with Crippen LogP contribution in [0.5, 0.6) is 17.2 Å². The summed E-state index contributed by atoms with van der Waals surface area (Å²) in [5.74, 6) is 0.0718. The van der Waals surface area contributed by atoms with Crippen molar-refractivity contribution in [2.24, 2.45) is 0 Å². The van der Waals surface area contributed by atoms with Crippen LogP contribution in [-0.4, -0.2) is 42.4 Å². The SMILES string of the molecule is COc1cccc(C(=O)Oc2c(Cl)cc(C=C3SC(=S)N(C)C3=O)cc2OC)c1. The summed E-state index contributed by atoms with van der Waals surface area (Å²) in [7, 11) is 4.56. The maximum absolute atomic E-state index is 12.5. The minimum atomic E-state index is -0.608. The van der Waals surface area contributed by atoms with E-state index in [2.05, 4.69) is 0 Å². The number of thiocarbonyl (C=S) groups is 1. The second-order valence-electron chi connectivity index (χ2n) is 5.90. The van der Waals surface area contributed by atoms with Gasteiger partial charge in [0.1, 0.15) is 10.1 Å². The van der Waals surface area contributed by atoms with Crippen LogP contribution in [0.1, 0.15) is 15.9 Å². The van der Waals surface area contributed by atoms with Crippen LogP contribution in [0.25, 0.3) is 6.08 Å². The number of hydrogen-bond donors (Lipinski definition) is 0. The molecule has 1 fully saturated rings. The third kappa shape index (κ3) is 4.55. The summed E-state index contributed by atoms with van der Waals surface area (Å²) < 4.78 is 16.4. The van der Waals surface area contributed by atoms with E-state index in [4.69, 9.17) is 38.0 Å². The molecule has 0 aromatic heterocycles. The fraction of sp³-hybridized carbons (Fsp3) is 0.150. The van der Waals surface area contributed by atoms with E-state index in [1.807, 2.05) is 0 Å². The van der Waals surface area contributed by atoms with Gasteiger partial charge in [0.2, 0.25) is 0 Å². The predicted octanol–water partition coefficient (Wildman–Crippen LogP) is 4.41. The molecule has 6 nitrogen and oxygen atoms in total. The molecular weight excluding hydrogens is 434 g/mol. The molecule has 0 spiro atoms. The van der Waals surface area contributed by atoms with Gasteiger partial charge < -0.3 is 14.2 Å². The first-order chi connectivity index (χ1) is 13.8. The summed E-state index contributed by atoms with van der Waals surface area (Å²) in [6, 6.07) is 9.78. The van der Waals surface area contributed by atoms with Crippen molar-refractivity contribution in [3.8, 4) is 17.2 Å². The minimum Gasteiger partial charge on any atom is -0.497 e. The van der Waals surface area contributed by atoms with Crippen molar-refractivity contribution in [3.05, 3.63) is 57.5 Å². The molecule has 1 heterocycles. The molecule has 1 amide bonds. The highest BCUT2D eigenvalue weighted by atomic mass is 35.5. The number of carbonyl (C=O) groups is 2. The lowest BCUT2D eigenvalue weighted by atomic mass is 10.1. The van der Waals surface area contributed by atoms with Crippen molar-refractivity contribution in [1.82, 2.24) is 4.90 Å². The Kier molecular flexibility index (Phi) is 6.46. The Morgan fingerprint density at radius 1 is 1.21 bits per heavy atom. The quantitative estimate of drug-likeness (QED) is 0.290. The molecule has 3 rings (SSSR count). The van der Waals surface area contributed by atoms with Crippen molar-refractivity contribution in [2.75, 3.05) is 21.3 Å². The van der Waals surface area contributed by atoms with Crippen molar-refractivity contribution in [3.63, 3.8) is 0 Å². The molecule has 0 unspecified atom stereocenters. The standard InChI is InChI=1S/C20H16ClNO5S2/c1-22-18(23)16(29-20(22)28)9-11-7-14(21)17(15(8-11)26-3)27-19(24)12-5-4-6-13(10-12)25-2/h4-10H,1-3H3. The average Bonchev–Trinajstić information content (AvgIpc) is 2.96. The van der Waals surface area contributed by atoms with Gasteiger partial charge in [-0.15, -0.1) is 0 Å². The Balaban J connectivity index is 1.90.